The van der Waals surface area contributed by atoms with Gasteiger partial charge >= 0.3 is 0 Å². The van der Waals surface area contributed by atoms with Crippen molar-refractivity contribution in [3.05, 3.63) is 0 Å². The van der Waals surface area contributed by atoms with Gasteiger partial charge < -0.3 is 4.74 Å². The molecule has 1 heteroatoms. The number of hydrogen-bond donors (Lipinski definition) is 0. The summed E-state index contributed by atoms with van der Waals surface area (Å²) in [5.41, 5.74) is 0. The third-order valence-electron chi connectivity index (χ3n) is 2.82. The standard InChI is InChI=1S/C8H14O/c1-6-2-3-7-4-5-9-8(6)7/h6-8H,2-5H2,1H3/t6-,7?,8?/m0/s1. The van der Waals surface area contributed by atoms with Gasteiger partial charge in [-0.15, -0.1) is 0 Å². The summed E-state index contributed by atoms with van der Waals surface area (Å²) >= 11 is 0. The molecule has 0 amide bonds. The molecule has 1 heterocycles. The predicted molar refractivity (Wildman–Crippen MR) is 36.2 cm³/mol. The molecule has 52 valence electrons. The Labute approximate surface area is 56.4 Å². The number of hydrogen-bond acceptors (Lipinski definition) is 1. The molecule has 0 bridgehead atoms. The Morgan fingerprint density at radius 1 is 1.22 bits per heavy atom. The van der Waals surface area contributed by atoms with Crippen LogP contribution in [0.15, 0.2) is 0 Å². The van der Waals surface area contributed by atoms with Crippen LogP contribution in [0.3, 0.4) is 0 Å². The fourth-order valence-electron chi connectivity index (χ4n) is 2.23. The van der Waals surface area contributed by atoms with Gasteiger partial charge in [0.1, 0.15) is 0 Å². The summed E-state index contributed by atoms with van der Waals surface area (Å²) in [6, 6.07) is 0. The average molecular weight is 126 g/mol. The van der Waals surface area contributed by atoms with Gasteiger partial charge in [0.2, 0.25) is 0 Å². The van der Waals surface area contributed by atoms with Gasteiger partial charge in [-0.25, -0.2) is 0 Å². The van der Waals surface area contributed by atoms with E-state index in [-0.39, 0.29) is 0 Å². The minimum Gasteiger partial charge on any atom is -0.378 e. The van der Waals surface area contributed by atoms with Crippen LogP contribution in [0.25, 0.3) is 0 Å². The first-order chi connectivity index (χ1) is 4.38. The van der Waals surface area contributed by atoms with Crippen LogP contribution in [0.2, 0.25) is 0 Å². The van der Waals surface area contributed by atoms with Crippen molar-refractivity contribution in [1.29, 1.82) is 0 Å². The molecule has 1 aliphatic heterocycles. The maximum Gasteiger partial charge on any atom is 0.0629 e. The SMILES string of the molecule is C[C@H]1CCC2CCOC21. The van der Waals surface area contributed by atoms with E-state index in [9.17, 15) is 0 Å². The second kappa shape index (κ2) is 1.98. The van der Waals surface area contributed by atoms with E-state index < -0.39 is 0 Å². The summed E-state index contributed by atoms with van der Waals surface area (Å²) in [7, 11) is 0. The van der Waals surface area contributed by atoms with Crippen LogP contribution in [-0.4, -0.2) is 12.7 Å². The van der Waals surface area contributed by atoms with Gasteiger partial charge in [0.05, 0.1) is 6.10 Å². The Morgan fingerprint density at radius 3 is 2.89 bits per heavy atom. The Bertz CT molecular complexity index is 111. The molecule has 0 aromatic heterocycles. The second-order valence-electron chi connectivity index (χ2n) is 3.44. The molecule has 0 N–H and O–H groups in total. The first-order valence-electron chi connectivity index (χ1n) is 3.99. The van der Waals surface area contributed by atoms with Crippen molar-refractivity contribution < 1.29 is 4.74 Å². The molecule has 0 spiro atoms. The van der Waals surface area contributed by atoms with Crippen LogP contribution in [0.4, 0.5) is 0 Å². The van der Waals surface area contributed by atoms with Crippen molar-refractivity contribution in [3.8, 4) is 0 Å². The highest BCUT2D eigenvalue weighted by Gasteiger charge is 2.37. The Hall–Kier alpha value is -0.0400. The molecule has 0 aromatic carbocycles. The van der Waals surface area contributed by atoms with E-state index in [0.717, 1.165) is 18.4 Å². The van der Waals surface area contributed by atoms with Gasteiger partial charge in [-0.3, -0.25) is 0 Å². The molecular weight excluding hydrogens is 112 g/mol. The lowest BCUT2D eigenvalue weighted by molar-refractivity contribution is 0.0720. The largest absolute Gasteiger partial charge is 0.378 e. The minimum atomic E-state index is 0.644. The molecular formula is C8H14O. The maximum atomic E-state index is 5.59. The molecule has 2 rings (SSSR count). The summed E-state index contributed by atoms with van der Waals surface area (Å²) in [6.07, 6.45) is 4.79. The fourth-order valence-corrected chi connectivity index (χ4v) is 2.23. The summed E-state index contributed by atoms with van der Waals surface area (Å²) in [5.74, 6) is 1.78. The molecule has 2 fully saturated rings. The van der Waals surface area contributed by atoms with Crippen LogP contribution in [-0.2, 0) is 4.74 Å². The summed E-state index contributed by atoms with van der Waals surface area (Å²) in [6.45, 7) is 3.34. The van der Waals surface area contributed by atoms with Crippen molar-refractivity contribution in [2.24, 2.45) is 11.8 Å². The van der Waals surface area contributed by atoms with E-state index >= 15 is 0 Å². The number of ether oxygens (including phenoxy) is 1. The zero-order valence-corrected chi connectivity index (χ0v) is 5.97. The van der Waals surface area contributed by atoms with Gasteiger partial charge in [0, 0.05) is 6.61 Å². The van der Waals surface area contributed by atoms with Gasteiger partial charge in [0.25, 0.3) is 0 Å². The molecule has 1 aliphatic carbocycles. The molecule has 0 aromatic rings. The molecule has 1 saturated carbocycles. The molecule has 9 heavy (non-hydrogen) atoms. The van der Waals surface area contributed by atoms with Crippen molar-refractivity contribution in [3.63, 3.8) is 0 Å². The third kappa shape index (κ3) is 0.787. The molecule has 1 saturated heterocycles. The van der Waals surface area contributed by atoms with Crippen molar-refractivity contribution >= 4 is 0 Å². The third-order valence-corrected chi connectivity index (χ3v) is 2.82. The van der Waals surface area contributed by atoms with Crippen molar-refractivity contribution in [1.82, 2.24) is 0 Å². The first kappa shape index (κ1) is 5.72. The lowest BCUT2D eigenvalue weighted by atomic mass is 10.0. The Balaban J connectivity index is 2.07. The predicted octanol–water partition coefficient (Wildman–Crippen LogP) is 1.82. The lowest BCUT2D eigenvalue weighted by Gasteiger charge is -2.11. The van der Waals surface area contributed by atoms with Crippen LogP contribution in [0, 0.1) is 11.8 Å². The molecule has 2 unspecified atom stereocenters. The maximum absolute atomic E-state index is 5.59. The topological polar surface area (TPSA) is 9.23 Å². The molecule has 3 atom stereocenters. The highest BCUT2D eigenvalue weighted by molar-refractivity contribution is 4.86. The number of fused-ring (bicyclic) bond motifs is 1. The average Bonchev–Trinajstić information content (AvgIpc) is 2.35. The molecule has 1 nitrogen and oxygen atoms in total. The van der Waals surface area contributed by atoms with Crippen LogP contribution in [0.1, 0.15) is 26.2 Å². The zero-order chi connectivity index (χ0) is 6.27. The first-order valence-corrected chi connectivity index (χ1v) is 3.99. The van der Waals surface area contributed by atoms with Crippen LogP contribution >= 0.6 is 0 Å². The van der Waals surface area contributed by atoms with E-state index in [4.69, 9.17) is 4.74 Å². The van der Waals surface area contributed by atoms with Crippen LogP contribution in [0.5, 0.6) is 0 Å². The highest BCUT2D eigenvalue weighted by atomic mass is 16.5. The molecule has 0 radical (unpaired) electrons. The smallest absolute Gasteiger partial charge is 0.0629 e. The highest BCUT2D eigenvalue weighted by Crippen LogP contribution is 2.39. The summed E-state index contributed by atoms with van der Waals surface area (Å²) in [4.78, 5) is 0. The van der Waals surface area contributed by atoms with E-state index in [1.807, 2.05) is 0 Å². The Morgan fingerprint density at radius 2 is 2.11 bits per heavy atom. The van der Waals surface area contributed by atoms with E-state index in [1.165, 1.54) is 19.3 Å². The van der Waals surface area contributed by atoms with Gasteiger partial charge in [-0.2, -0.15) is 0 Å². The van der Waals surface area contributed by atoms with E-state index in [1.54, 1.807) is 0 Å². The summed E-state index contributed by atoms with van der Waals surface area (Å²) in [5, 5.41) is 0. The molecule has 2 aliphatic rings. The fraction of sp³-hybridized carbons (Fsp3) is 1.00. The van der Waals surface area contributed by atoms with Crippen molar-refractivity contribution in [2.75, 3.05) is 6.61 Å². The quantitative estimate of drug-likeness (QED) is 0.481. The van der Waals surface area contributed by atoms with Crippen LogP contribution < -0.4 is 0 Å². The van der Waals surface area contributed by atoms with Crippen molar-refractivity contribution in [2.45, 2.75) is 32.3 Å². The minimum absolute atomic E-state index is 0.644. The van der Waals surface area contributed by atoms with E-state index in [2.05, 4.69) is 6.92 Å². The monoisotopic (exact) mass is 126 g/mol. The second-order valence-corrected chi connectivity index (χ2v) is 3.44. The summed E-state index contributed by atoms with van der Waals surface area (Å²) < 4.78 is 5.59. The van der Waals surface area contributed by atoms with Gasteiger partial charge in [-0.05, 0) is 31.1 Å². The zero-order valence-electron chi connectivity index (χ0n) is 5.97. The van der Waals surface area contributed by atoms with Gasteiger partial charge in [-0.1, -0.05) is 6.92 Å². The number of rotatable bonds is 0. The van der Waals surface area contributed by atoms with E-state index in [0.29, 0.717) is 6.10 Å². The normalized spacial score (nSPS) is 49.7. The Kier molecular flexibility index (Phi) is 1.26. The van der Waals surface area contributed by atoms with Gasteiger partial charge in [0.15, 0.2) is 0 Å². The lowest BCUT2D eigenvalue weighted by Crippen LogP contribution is -2.14.